The first-order chi connectivity index (χ1) is 7.81. The number of aldehydes is 1. The number of ether oxygens (including phenoxy) is 1. The normalized spacial score (nSPS) is 9.75. The Morgan fingerprint density at radius 2 is 2.44 bits per heavy atom. The highest BCUT2D eigenvalue weighted by molar-refractivity contribution is 7.12. The number of hydrogen-bond donors (Lipinski definition) is 0. The Morgan fingerprint density at radius 1 is 1.62 bits per heavy atom. The lowest BCUT2D eigenvalue weighted by molar-refractivity contribution is 0.112. The zero-order valence-corrected chi connectivity index (χ0v) is 10.00. The maximum atomic E-state index is 10.6. The van der Waals surface area contributed by atoms with E-state index in [1.807, 2.05) is 11.4 Å². The number of rotatable bonds is 7. The fourth-order valence-corrected chi connectivity index (χ4v) is 2.04. The first-order valence-corrected chi connectivity index (χ1v) is 5.84. The van der Waals surface area contributed by atoms with Crippen molar-refractivity contribution in [3.05, 3.63) is 16.3 Å². The van der Waals surface area contributed by atoms with Crippen LogP contribution in [0.2, 0.25) is 0 Å². The van der Waals surface area contributed by atoms with E-state index in [1.54, 1.807) is 7.11 Å². The van der Waals surface area contributed by atoms with Crippen LogP contribution in [-0.2, 0) is 4.74 Å². The van der Waals surface area contributed by atoms with Gasteiger partial charge in [-0.15, -0.1) is 11.3 Å². The smallest absolute Gasteiger partial charge is 0.160 e. The summed E-state index contributed by atoms with van der Waals surface area (Å²) in [6.07, 6.45) is 1.31. The third kappa shape index (κ3) is 3.65. The van der Waals surface area contributed by atoms with Crippen LogP contribution in [0.15, 0.2) is 11.4 Å². The fraction of sp³-hybridized carbons (Fsp3) is 0.455. The molecule has 1 aromatic heterocycles. The fourth-order valence-electron chi connectivity index (χ4n) is 1.33. The predicted molar refractivity (Wildman–Crippen MR) is 64.0 cm³/mol. The lowest BCUT2D eigenvalue weighted by atomic mass is 10.3. The number of nitrogens with zero attached hydrogens (tertiary/aromatic N) is 2. The van der Waals surface area contributed by atoms with Crippen molar-refractivity contribution in [1.29, 1.82) is 5.26 Å². The topological polar surface area (TPSA) is 53.3 Å². The highest BCUT2D eigenvalue weighted by Crippen LogP contribution is 2.22. The van der Waals surface area contributed by atoms with Gasteiger partial charge in [0.25, 0.3) is 0 Å². The van der Waals surface area contributed by atoms with Crippen molar-refractivity contribution in [2.24, 2.45) is 0 Å². The molecule has 16 heavy (non-hydrogen) atoms. The summed E-state index contributed by atoms with van der Waals surface area (Å²) in [7, 11) is 1.65. The molecule has 4 nitrogen and oxygen atoms in total. The minimum Gasteiger partial charge on any atom is -0.383 e. The molecule has 0 bridgehead atoms. The average Bonchev–Trinajstić information content (AvgIpc) is 2.78. The van der Waals surface area contributed by atoms with Gasteiger partial charge in [0.05, 0.1) is 24.0 Å². The van der Waals surface area contributed by atoms with Crippen LogP contribution in [0.1, 0.15) is 16.1 Å². The Kier molecular flexibility index (Phi) is 5.54. The van der Waals surface area contributed by atoms with Crippen LogP contribution in [0.3, 0.4) is 0 Å². The number of carbonyl (C=O) groups excluding carboxylic acids is 1. The Hall–Kier alpha value is -1.38. The largest absolute Gasteiger partial charge is 0.383 e. The van der Waals surface area contributed by atoms with E-state index in [0.29, 0.717) is 24.4 Å². The molecule has 0 N–H and O–H groups in total. The van der Waals surface area contributed by atoms with Crippen molar-refractivity contribution in [3.8, 4) is 6.07 Å². The highest BCUT2D eigenvalue weighted by Gasteiger charge is 2.08. The number of anilines is 1. The molecule has 0 aliphatic rings. The van der Waals surface area contributed by atoms with Gasteiger partial charge in [0, 0.05) is 31.3 Å². The van der Waals surface area contributed by atoms with E-state index in [0.717, 1.165) is 18.5 Å². The minimum absolute atomic E-state index is 0.468. The van der Waals surface area contributed by atoms with Crippen molar-refractivity contribution in [2.45, 2.75) is 6.42 Å². The molecule has 0 aliphatic heterocycles. The molecule has 0 aromatic carbocycles. The van der Waals surface area contributed by atoms with E-state index in [4.69, 9.17) is 10.00 Å². The molecular weight excluding hydrogens is 224 g/mol. The van der Waals surface area contributed by atoms with Crippen molar-refractivity contribution < 1.29 is 9.53 Å². The third-order valence-electron chi connectivity index (χ3n) is 2.15. The van der Waals surface area contributed by atoms with Crippen LogP contribution >= 0.6 is 11.3 Å². The van der Waals surface area contributed by atoms with E-state index in [2.05, 4.69) is 11.0 Å². The lowest BCUT2D eigenvalue weighted by Crippen LogP contribution is -2.27. The number of carbonyl (C=O) groups is 1. The highest BCUT2D eigenvalue weighted by atomic mass is 32.1. The number of methoxy groups -OCH3 is 1. The van der Waals surface area contributed by atoms with E-state index >= 15 is 0 Å². The molecule has 0 saturated heterocycles. The van der Waals surface area contributed by atoms with Gasteiger partial charge < -0.3 is 9.64 Å². The van der Waals surface area contributed by atoms with Gasteiger partial charge in [-0.1, -0.05) is 0 Å². The SMILES string of the molecule is COCCN(CCC#N)c1csc(C=O)c1. The second-order valence-electron chi connectivity index (χ2n) is 3.21. The second-order valence-corrected chi connectivity index (χ2v) is 4.16. The average molecular weight is 238 g/mol. The number of thiophene rings is 1. The zero-order valence-electron chi connectivity index (χ0n) is 9.18. The molecule has 1 heterocycles. The molecule has 1 aromatic rings. The summed E-state index contributed by atoms with van der Waals surface area (Å²) < 4.78 is 5.02. The summed E-state index contributed by atoms with van der Waals surface area (Å²) >= 11 is 1.41. The van der Waals surface area contributed by atoms with Gasteiger partial charge in [-0.05, 0) is 6.07 Å². The van der Waals surface area contributed by atoms with E-state index in [-0.39, 0.29) is 0 Å². The molecule has 5 heteroatoms. The molecule has 0 aliphatic carbocycles. The van der Waals surface area contributed by atoms with Crippen LogP contribution in [0.25, 0.3) is 0 Å². The van der Waals surface area contributed by atoms with Crippen molar-refractivity contribution >= 4 is 23.3 Å². The summed E-state index contributed by atoms with van der Waals surface area (Å²) in [5.74, 6) is 0. The van der Waals surface area contributed by atoms with Crippen LogP contribution in [0.4, 0.5) is 5.69 Å². The molecule has 0 amide bonds. The Labute approximate surface area is 99.1 Å². The summed E-state index contributed by atoms with van der Waals surface area (Å²) in [4.78, 5) is 13.3. The van der Waals surface area contributed by atoms with Crippen LogP contribution in [0.5, 0.6) is 0 Å². The van der Waals surface area contributed by atoms with Crippen molar-refractivity contribution in [2.75, 3.05) is 31.7 Å². The molecule has 0 radical (unpaired) electrons. The molecule has 0 unspecified atom stereocenters. The first-order valence-electron chi connectivity index (χ1n) is 4.96. The van der Waals surface area contributed by atoms with E-state index < -0.39 is 0 Å². The molecule has 86 valence electrons. The zero-order chi connectivity index (χ0) is 11.8. The van der Waals surface area contributed by atoms with Gasteiger partial charge in [0.2, 0.25) is 0 Å². The quantitative estimate of drug-likeness (QED) is 0.681. The molecule has 1 rings (SSSR count). The van der Waals surface area contributed by atoms with Gasteiger partial charge in [-0.25, -0.2) is 0 Å². The Balaban J connectivity index is 2.66. The van der Waals surface area contributed by atoms with Gasteiger partial charge in [0.15, 0.2) is 6.29 Å². The van der Waals surface area contributed by atoms with Gasteiger partial charge in [0.1, 0.15) is 0 Å². The van der Waals surface area contributed by atoms with Crippen molar-refractivity contribution in [3.63, 3.8) is 0 Å². The van der Waals surface area contributed by atoms with Crippen LogP contribution < -0.4 is 4.90 Å². The molecular formula is C11H14N2O2S. The summed E-state index contributed by atoms with van der Waals surface area (Å²) in [6, 6.07) is 3.95. The van der Waals surface area contributed by atoms with Gasteiger partial charge >= 0.3 is 0 Å². The third-order valence-corrected chi connectivity index (χ3v) is 2.99. The monoisotopic (exact) mass is 238 g/mol. The lowest BCUT2D eigenvalue weighted by Gasteiger charge is -2.21. The van der Waals surface area contributed by atoms with Crippen LogP contribution in [-0.4, -0.2) is 33.1 Å². The maximum absolute atomic E-state index is 10.6. The first kappa shape index (κ1) is 12.7. The summed E-state index contributed by atoms with van der Waals surface area (Å²) in [5.41, 5.74) is 0.986. The number of hydrogen-bond acceptors (Lipinski definition) is 5. The maximum Gasteiger partial charge on any atom is 0.160 e. The second kappa shape index (κ2) is 6.99. The standard InChI is InChI=1S/C11H14N2O2S/c1-15-6-5-13(4-2-3-12)10-7-11(8-14)16-9-10/h7-9H,2,4-6H2,1H3. The molecule has 0 atom stereocenters. The van der Waals surface area contributed by atoms with E-state index in [1.165, 1.54) is 11.3 Å². The minimum atomic E-state index is 0.468. The Bertz CT molecular complexity index is 370. The number of nitriles is 1. The van der Waals surface area contributed by atoms with E-state index in [9.17, 15) is 4.79 Å². The summed E-state index contributed by atoms with van der Waals surface area (Å²) in [5, 5.41) is 10.5. The molecule has 0 saturated carbocycles. The Morgan fingerprint density at radius 3 is 3.00 bits per heavy atom. The molecule has 0 spiro atoms. The summed E-state index contributed by atoms with van der Waals surface area (Å²) in [6.45, 7) is 2.00. The van der Waals surface area contributed by atoms with Crippen molar-refractivity contribution in [1.82, 2.24) is 0 Å². The molecule has 0 fully saturated rings. The van der Waals surface area contributed by atoms with Crippen LogP contribution in [0, 0.1) is 11.3 Å². The van der Waals surface area contributed by atoms with Gasteiger partial charge in [-0.3, -0.25) is 4.79 Å². The predicted octanol–water partition coefficient (Wildman–Crippen LogP) is 1.93. The van der Waals surface area contributed by atoms with Gasteiger partial charge in [-0.2, -0.15) is 5.26 Å².